The first-order valence-corrected chi connectivity index (χ1v) is 7.52. The molecule has 0 radical (unpaired) electrons. The van der Waals surface area contributed by atoms with Crippen molar-refractivity contribution in [1.29, 1.82) is 0 Å². The number of rotatable bonds is 4. The van der Waals surface area contributed by atoms with Crippen LogP contribution in [0.15, 0.2) is 0 Å². The van der Waals surface area contributed by atoms with E-state index in [0.717, 1.165) is 24.4 Å². The molecule has 2 nitrogen and oxygen atoms in total. The van der Waals surface area contributed by atoms with Crippen LogP contribution in [0, 0.1) is 11.8 Å². The summed E-state index contributed by atoms with van der Waals surface area (Å²) in [7, 11) is 2.32. The third-order valence-corrected chi connectivity index (χ3v) is 5.36. The minimum atomic E-state index is 0.324. The summed E-state index contributed by atoms with van der Waals surface area (Å²) in [6.45, 7) is 5.61. The van der Waals surface area contributed by atoms with E-state index in [0.29, 0.717) is 5.54 Å². The number of hydrogen-bond donors (Lipinski definition) is 1. The summed E-state index contributed by atoms with van der Waals surface area (Å²) in [5.41, 5.74) is 6.48. The maximum atomic E-state index is 6.15. The lowest BCUT2D eigenvalue weighted by Gasteiger charge is -2.41. The lowest BCUT2D eigenvalue weighted by Crippen LogP contribution is -2.52. The second-order valence-corrected chi connectivity index (χ2v) is 6.71. The minimum absolute atomic E-state index is 0.324. The van der Waals surface area contributed by atoms with Gasteiger partial charge in [-0.15, -0.1) is 0 Å². The second-order valence-electron chi connectivity index (χ2n) is 6.71. The molecule has 0 saturated heterocycles. The third-order valence-electron chi connectivity index (χ3n) is 5.36. The van der Waals surface area contributed by atoms with Crippen molar-refractivity contribution in [1.82, 2.24) is 4.90 Å². The van der Waals surface area contributed by atoms with Crippen LogP contribution in [0.25, 0.3) is 0 Å². The van der Waals surface area contributed by atoms with Crippen LogP contribution in [0.1, 0.15) is 58.8 Å². The van der Waals surface area contributed by atoms with Crippen molar-refractivity contribution in [2.45, 2.75) is 70.4 Å². The molecule has 0 aromatic carbocycles. The van der Waals surface area contributed by atoms with Crippen molar-refractivity contribution in [2.75, 3.05) is 13.6 Å². The predicted octanol–water partition coefficient (Wildman–Crippen LogP) is 3.01. The van der Waals surface area contributed by atoms with Gasteiger partial charge in [0.05, 0.1) is 0 Å². The van der Waals surface area contributed by atoms with Crippen LogP contribution < -0.4 is 5.73 Å². The van der Waals surface area contributed by atoms with Gasteiger partial charge >= 0.3 is 0 Å². The molecule has 2 atom stereocenters. The van der Waals surface area contributed by atoms with Gasteiger partial charge in [-0.1, -0.05) is 26.7 Å². The molecular formula is C15H30N2. The molecular weight excluding hydrogens is 208 g/mol. The Hall–Kier alpha value is -0.0800. The molecule has 2 aliphatic rings. The first-order valence-electron chi connectivity index (χ1n) is 7.52. The Bertz CT molecular complexity index is 247. The van der Waals surface area contributed by atoms with Crippen LogP contribution in [0.3, 0.4) is 0 Å². The Morgan fingerprint density at radius 3 is 2.41 bits per heavy atom. The monoisotopic (exact) mass is 238 g/mol. The summed E-state index contributed by atoms with van der Waals surface area (Å²) in [5, 5.41) is 0. The Kier molecular flexibility index (Phi) is 4.14. The van der Waals surface area contributed by atoms with Gasteiger partial charge in [0.25, 0.3) is 0 Å². The van der Waals surface area contributed by atoms with Crippen molar-refractivity contribution in [2.24, 2.45) is 17.6 Å². The van der Waals surface area contributed by atoms with Gasteiger partial charge in [-0.25, -0.2) is 0 Å². The van der Waals surface area contributed by atoms with E-state index in [4.69, 9.17) is 5.73 Å². The Morgan fingerprint density at radius 2 is 1.88 bits per heavy atom. The molecule has 17 heavy (non-hydrogen) atoms. The van der Waals surface area contributed by atoms with E-state index in [1.54, 1.807) is 0 Å². The highest BCUT2D eigenvalue weighted by atomic mass is 15.2. The Balaban J connectivity index is 2.02. The molecule has 2 aliphatic carbocycles. The van der Waals surface area contributed by atoms with Crippen LogP contribution in [0.4, 0.5) is 0 Å². The molecule has 100 valence electrons. The standard InChI is InChI=1S/C15H30N2/c1-12(2)13-5-4-9-15(11-16,10-8-13)17(3)14-6-7-14/h12-14H,4-11,16H2,1-3H3. The van der Waals surface area contributed by atoms with Crippen LogP contribution in [-0.4, -0.2) is 30.1 Å². The van der Waals surface area contributed by atoms with Gasteiger partial charge in [-0.3, -0.25) is 4.90 Å². The van der Waals surface area contributed by atoms with E-state index >= 15 is 0 Å². The zero-order valence-electron chi connectivity index (χ0n) is 11.9. The molecule has 2 saturated carbocycles. The fourth-order valence-corrected chi connectivity index (χ4v) is 3.63. The summed E-state index contributed by atoms with van der Waals surface area (Å²) in [6, 6.07) is 0.842. The highest BCUT2D eigenvalue weighted by Crippen LogP contribution is 2.40. The fraction of sp³-hybridized carbons (Fsp3) is 1.00. The number of nitrogens with zero attached hydrogens (tertiary/aromatic N) is 1. The lowest BCUT2D eigenvalue weighted by atomic mass is 9.85. The molecule has 0 aromatic rings. The summed E-state index contributed by atoms with van der Waals surface area (Å²) >= 11 is 0. The Labute approximate surface area is 107 Å². The van der Waals surface area contributed by atoms with Crippen LogP contribution >= 0.6 is 0 Å². The third kappa shape index (κ3) is 2.85. The predicted molar refractivity (Wildman–Crippen MR) is 74.0 cm³/mol. The molecule has 2 rings (SSSR count). The molecule has 0 amide bonds. The normalized spacial score (nSPS) is 35.3. The first-order chi connectivity index (χ1) is 8.09. The molecule has 0 spiro atoms. The van der Waals surface area contributed by atoms with Gasteiger partial charge in [0.1, 0.15) is 0 Å². The smallest absolute Gasteiger partial charge is 0.0331 e. The highest BCUT2D eigenvalue weighted by Gasteiger charge is 2.42. The van der Waals surface area contributed by atoms with Gasteiger partial charge in [-0.2, -0.15) is 0 Å². The summed E-state index contributed by atoms with van der Waals surface area (Å²) in [6.07, 6.45) is 9.59. The van der Waals surface area contributed by atoms with E-state index in [1.165, 1.54) is 44.9 Å². The van der Waals surface area contributed by atoms with Crippen molar-refractivity contribution < 1.29 is 0 Å². The Morgan fingerprint density at radius 1 is 1.18 bits per heavy atom. The van der Waals surface area contributed by atoms with E-state index in [-0.39, 0.29) is 0 Å². The SMILES string of the molecule is CC(C)C1CCCC(CN)(N(C)C2CC2)CC1. The second kappa shape index (κ2) is 5.27. The largest absolute Gasteiger partial charge is 0.329 e. The van der Waals surface area contributed by atoms with Crippen molar-refractivity contribution in [3.05, 3.63) is 0 Å². The minimum Gasteiger partial charge on any atom is -0.329 e. The quantitative estimate of drug-likeness (QED) is 0.763. The van der Waals surface area contributed by atoms with Gasteiger partial charge < -0.3 is 5.73 Å². The van der Waals surface area contributed by atoms with E-state index < -0.39 is 0 Å². The molecule has 0 aromatic heterocycles. The van der Waals surface area contributed by atoms with Crippen molar-refractivity contribution in [3.63, 3.8) is 0 Å². The van der Waals surface area contributed by atoms with E-state index in [2.05, 4.69) is 25.8 Å². The van der Waals surface area contributed by atoms with Crippen LogP contribution in [0.5, 0.6) is 0 Å². The molecule has 0 bridgehead atoms. The maximum absolute atomic E-state index is 6.15. The lowest BCUT2D eigenvalue weighted by molar-refractivity contribution is 0.0970. The topological polar surface area (TPSA) is 29.3 Å². The highest BCUT2D eigenvalue weighted by molar-refractivity contribution is 4.99. The number of likely N-dealkylation sites (N-methyl/N-ethyl adjacent to an activating group) is 1. The summed E-state index contributed by atoms with van der Waals surface area (Å²) in [4.78, 5) is 2.63. The summed E-state index contributed by atoms with van der Waals surface area (Å²) < 4.78 is 0. The van der Waals surface area contributed by atoms with E-state index in [1.807, 2.05) is 0 Å². The van der Waals surface area contributed by atoms with Crippen LogP contribution in [0.2, 0.25) is 0 Å². The molecule has 0 aliphatic heterocycles. The van der Waals surface area contributed by atoms with Crippen molar-refractivity contribution in [3.8, 4) is 0 Å². The van der Waals surface area contributed by atoms with Crippen LogP contribution in [-0.2, 0) is 0 Å². The summed E-state index contributed by atoms with van der Waals surface area (Å²) in [5.74, 6) is 1.77. The van der Waals surface area contributed by atoms with Crippen molar-refractivity contribution >= 4 is 0 Å². The number of nitrogens with two attached hydrogens (primary N) is 1. The zero-order valence-corrected chi connectivity index (χ0v) is 11.9. The van der Waals surface area contributed by atoms with Gasteiger partial charge in [0, 0.05) is 18.1 Å². The zero-order chi connectivity index (χ0) is 12.5. The molecule has 2 unspecified atom stereocenters. The average Bonchev–Trinajstić information content (AvgIpc) is 3.14. The average molecular weight is 238 g/mol. The molecule has 2 heteroatoms. The van der Waals surface area contributed by atoms with E-state index in [9.17, 15) is 0 Å². The maximum Gasteiger partial charge on any atom is 0.0331 e. The molecule has 0 heterocycles. The molecule has 2 fully saturated rings. The fourth-order valence-electron chi connectivity index (χ4n) is 3.63. The van der Waals surface area contributed by atoms with Gasteiger partial charge in [0.2, 0.25) is 0 Å². The van der Waals surface area contributed by atoms with Gasteiger partial charge in [-0.05, 0) is 51.0 Å². The van der Waals surface area contributed by atoms with Gasteiger partial charge in [0.15, 0.2) is 0 Å². The number of hydrogen-bond acceptors (Lipinski definition) is 2. The first kappa shape index (κ1) is 13.4. The molecule has 2 N–H and O–H groups in total.